The van der Waals surface area contributed by atoms with E-state index in [4.69, 9.17) is 21.6 Å². The third-order valence-corrected chi connectivity index (χ3v) is 15.4. The molecule has 1 aliphatic heterocycles. The number of nitrogens with zero attached hydrogens (tertiary/aromatic N) is 1. The summed E-state index contributed by atoms with van der Waals surface area (Å²) in [4.78, 5) is 190. The summed E-state index contributed by atoms with van der Waals surface area (Å²) < 4.78 is 5.47. The molecule has 0 radical (unpaired) electrons. The lowest BCUT2D eigenvalue weighted by atomic mass is 9.86. The lowest BCUT2D eigenvalue weighted by Gasteiger charge is -2.35. The highest BCUT2D eigenvalue weighted by Crippen LogP contribution is 2.26. The number of alkyl carbamates (subject to hydrolysis) is 1. The third kappa shape index (κ3) is 30.0. The number of aliphatic hydroxyl groups is 4. The number of amides is 13. The lowest BCUT2D eigenvalue weighted by molar-refractivity contribution is -0.140. The van der Waals surface area contributed by atoms with E-state index >= 15 is 14.4 Å². The fourth-order valence-corrected chi connectivity index (χ4v) is 10.1. The molecule has 22 N–H and O–H groups in total. The zero-order chi connectivity index (χ0) is 75.8. The van der Waals surface area contributed by atoms with Crippen LogP contribution in [0.1, 0.15) is 161 Å². The molecule has 1 fully saturated rings. The summed E-state index contributed by atoms with van der Waals surface area (Å²) in [6.07, 6.45) is -5.00. The molecule has 2 heterocycles. The first-order chi connectivity index (χ1) is 45.7. The molecule has 99 heavy (non-hydrogen) atoms. The van der Waals surface area contributed by atoms with Crippen molar-refractivity contribution in [3.8, 4) is 0 Å². The Hall–Kier alpha value is -8.83. The van der Waals surface area contributed by atoms with Crippen molar-refractivity contribution in [2.45, 2.75) is 240 Å². The maximum Gasteiger partial charge on any atom is 0.408 e. The van der Waals surface area contributed by atoms with Crippen molar-refractivity contribution in [3.05, 3.63) is 30.1 Å². The smallest absolute Gasteiger partial charge is 0.408 e. The van der Waals surface area contributed by atoms with E-state index in [0.29, 0.717) is 0 Å². The Bertz CT molecular complexity index is 2970. The summed E-state index contributed by atoms with van der Waals surface area (Å²) in [5.41, 5.74) is 8.31. The minimum Gasteiger partial charge on any atom is -0.444 e. The summed E-state index contributed by atoms with van der Waals surface area (Å²) in [5.74, 6) is -17.2. The molecule has 15 atom stereocenters. The fraction of sp³-hybridized carbons (Fsp3) is 0.703. The predicted octanol–water partition coefficient (Wildman–Crippen LogP) is -3.91. The van der Waals surface area contributed by atoms with Gasteiger partial charge in [-0.15, -0.1) is 0 Å². The Morgan fingerprint density at radius 3 is 1.69 bits per heavy atom. The van der Waals surface area contributed by atoms with Crippen molar-refractivity contribution in [3.63, 3.8) is 0 Å². The van der Waals surface area contributed by atoms with Gasteiger partial charge in [0.2, 0.25) is 70.9 Å². The van der Waals surface area contributed by atoms with Crippen LogP contribution in [0.5, 0.6) is 0 Å². The first-order valence-corrected chi connectivity index (χ1v) is 32.9. The highest BCUT2D eigenvalue weighted by atomic mass is 16.6. The molecule has 0 bridgehead atoms. The van der Waals surface area contributed by atoms with Crippen molar-refractivity contribution < 1.29 is 87.5 Å². The van der Waals surface area contributed by atoms with Crippen molar-refractivity contribution in [1.29, 1.82) is 5.41 Å². The third-order valence-electron chi connectivity index (χ3n) is 15.4. The Morgan fingerprint density at radius 2 is 1.18 bits per heavy atom. The lowest BCUT2D eigenvalue weighted by Crippen LogP contribution is -2.65. The number of hydrogen-bond donors (Lipinski definition) is 20. The zero-order valence-electron chi connectivity index (χ0n) is 59.6. The average molecular weight is 1400 g/mol. The first kappa shape index (κ1) is 86.3. The number of aromatic nitrogens is 1. The molecule has 0 saturated carbocycles. The number of nitrogens with two attached hydrogens (primary N) is 2. The number of nitrogens with one attached hydrogen (secondary N) is 14. The molecule has 1 saturated heterocycles. The molecule has 1 aliphatic rings. The molecule has 0 aromatic carbocycles. The van der Waals surface area contributed by atoms with Crippen LogP contribution in [0.2, 0.25) is 0 Å². The summed E-state index contributed by atoms with van der Waals surface area (Å²) in [6.45, 7) is 23.6. The number of hydrogen-bond acceptors (Lipinski definition) is 20. The van der Waals surface area contributed by atoms with E-state index < -0.39 is 215 Å². The highest BCUT2D eigenvalue weighted by molar-refractivity contribution is 6.01. The Morgan fingerprint density at radius 1 is 0.657 bits per heavy atom. The molecular formula is C64H109N17O18. The van der Waals surface area contributed by atoms with Crippen LogP contribution < -0.4 is 80.6 Å². The molecule has 35 heteroatoms. The minimum atomic E-state index is -2.59. The van der Waals surface area contributed by atoms with E-state index in [-0.39, 0.29) is 50.6 Å². The van der Waals surface area contributed by atoms with Crippen molar-refractivity contribution in [1.82, 2.24) is 74.1 Å². The van der Waals surface area contributed by atoms with Gasteiger partial charge < -0.3 is 106 Å². The summed E-state index contributed by atoms with van der Waals surface area (Å²) in [6, 6.07) is -17.6. The number of aliphatic hydroxyl groups excluding tert-OH is 4. The fourth-order valence-electron chi connectivity index (χ4n) is 10.1. The standard InChI is InChI=1S/C64H109N17O18/c1-17-32(6)41-56(94)78-42(33(7)83)55(93)70-28-40(84)76-46(48(86)49(65)87)59(97)74-39(29-82)54(92)79-43(34-20-18-22-68-27-34)44(80-53(91)37(25-62(8,9)10)73-52(90)38(26-63(11,12)13)75-61(98)99-64(14,15)16)57(95)81-45(47(85)31(4)5)58(96)72-36(24-30(2)3)51(89)71-35(50(88)77-41)21-19-23-69-60(66)67/h18,20,22,27,30-33,35-39,41-48,82-83,85-86H,17,19,21,23-26,28-29H2,1-16H3,(H2,65,87)(H,70,93)(H,71,89)(H,72,96)(H,73,90)(H,74,97)(H,75,98)(H,76,84)(H,77,88)(H,78,94)(H,79,92)(H,80,91)(H,81,95)(H4,66,67,69)/t32-,33-,35+,36-,37-,38+,39?,41-,42-,43+,44-,45-,46?,47+,48-/m0/s1. The van der Waals surface area contributed by atoms with Gasteiger partial charge in [0.25, 0.3) is 0 Å². The van der Waals surface area contributed by atoms with Gasteiger partial charge in [-0.3, -0.25) is 67.9 Å². The van der Waals surface area contributed by atoms with Gasteiger partial charge in [0, 0.05) is 18.9 Å². The van der Waals surface area contributed by atoms with Gasteiger partial charge in [-0.05, 0) is 100 Å². The highest BCUT2D eigenvalue weighted by Gasteiger charge is 2.44. The monoisotopic (exact) mass is 1400 g/mol. The van der Waals surface area contributed by atoms with Crippen LogP contribution in [-0.2, 0) is 62.3 Å². The Kier molecular flexibility index (Phi) is 34.1. The normalized spacial score (nSPS) is 23.9. The van der Waals surface area contributed by atoms with Crippen molar-refractivity contribution >= 4 is 82.9 Å². The van der Waals surface area contributed by atoms with Crippen LogP contribution in [0, 0.1) is 34.0 Å². The number of guanidine groups is 1. The number of rotatable bonds is 22. The zero-order valence-corrected chi connectivity index (χ0v) is 59.6. The maximum absolute atomic E-state index is 15.7. The van der Waals surface area contributed by atoms with Gasteiger partial charge in [-0.1, -0.05) is 95.6 Å². The number of carbonyl (C=O) groups is 13. The largest absolute Gasteiger partial charge is 0.444 e. The van der Waals surface area contributed by atoms with Gasteiger partial charge in [0.15, 0.2) is 12.1 Å². The Labute approximate surface area is 577 Å². The van der Waals surface area contributed by atoms with Crippen LogP contribution in [0.25, 0.3) is 0 Å². The van der Waals surface area contributed by atoms with Gasteiger partial charge >= 0.3 is 6.09 Å². The molecule has 35 nitrogen and oxygen atoms in total. The number of pyridine rings is 1. The second-order valence-corrected chi connectivity index (χ2v) is 29.0. The van der Waals surface area contributed by atoms with Crippen molar-refractivity contribution in [2.75, 3.05) is 19.7 Å². The molecule has 1 aromatic rings. The number of primary amides is 1. The number of ether oxygens (including phenoxy) is 1. The summed E-state index contributed by atoms with van der Waals surface area (Å²) in [5, 5.41) is 84.0. The van der Waals surface area contributed by atoms with E-state index in [0.717, 1.165) is 13.1 Å². The molecule has 0 aliphatic carbocycles. The van der Waals surface area contributed by atoms with E-state index in [2.05, 4.69) is 68.8 Å². The topological polar surface area (TPSA) is 557 Å². The van der Waals surface area contributed by atoms with Crippen molar-refractivity contribution in [2.24, 2.45) is 40.1 Å². The van der Waals surface area contributed by atoms with E-state index in [1.54, 1.807) is 90.0 Å². The van der Waals surface area contributed by atoms with Gasteiger partial charge in [-0.2, -0.15) is 0 Å². The molecule has 1 aromatic heterocycles. The maximum atomic E-state index is 15.7. The molecule has 2 rings (SSSR count). The van der Waals surface area contributed by atoms with E-state index in [1.165, 1.54) is 32.2 Å². The molecule has 558 valence electrons. The second-order valence-electron chi connectivity index (χ2n) is 29.0. The van der Waals surface area contributed by atoms with Crippen LogP contribution >= 0.6 is 0 Å². The van der Waals surface area contributed by atoms with Gasteiger partial charge in [0.1, 0.15) is 66.0 Å². The molecular weight excluding hydrogens is 1290 g/mol. The summed E-state index contributed by atoms with van der Waals surface area (Å²) >= 11 is 0. The Balaban J connectivity index is 3.21. The van der Waals surface area contributed by atoms with Crippen LogP contribution in [-0.4, -0.2) is 212 Å². The van der Waals surface area contributed by atoms with Gasteiger partial charge in [-0.25, -0.2) is 4.79 Å². The van der Waals surface area contributed by atoms with E-state index in [1.807, 2.05) is 5.32 Å². The SMILES string of the molecule is CC[C@H](C)[C@@H]1NC(=O)[C@@H](CCCNC(=N)N)NC(=O)[C@H](CC(C)C)NC(=O)[C@H]([C@H](O)C(C)C)NC(=O)[C@@H](NC(=O)[C@H](CC(C)(C)C)NC(=O)[C@@H](CC(C)(C)C)NC(=O)OC(C)(C)C)[C@@H](c2cccnc2)NC(=O)C(CO)NC(=O)C([C@H](O)C(N)=O)NC(=O)CNC(=O)[C@H]([C@H](C)O)NC1=O. The quantitative estimate of drug-likeness (QED) is 0.0300. The molecule has 13 amide bonds. The van der Waals surface area contributed by atoms with Gasteiger partial charge in [0.05, 0.1) is 31.4 Å². The average Bonchev–Trinajstić information content (AvgIpc) is 0.814. The minimum absolute atomic E-state index is 0.000416. The van der Waals surface area contributed by atoms with Crippen LogP contribution in [0.15, 0.2) is 24.5 Å². The second kappa shape index (κ2) is 39.1. The predicted molar refractivity (Wildman–Crippen MR) is 360 cm³/mol. The van der Waals surface area contributed by atoms with E-state index in [9.17, 15) is 68.4 Å². The summed E-state index contributed by atoms with van der Waals surface area (Å²) in [7, 11) is 0. The van der Waals surface area contributed by atoms with Crippen LogP contribution in [0.3, 0.4) is 0 Å². The molecule has 0 spiro atoms. The first-order valence-electron chi connectivity index (χ1n) is 32.9. The van der Waals surface area contributed by atoms with Crippen LogP contribution in [0.4, 0.5) is 4.79 Å². The number of carbonyl (C=O) groups excluding carboxylic acids is 13. The molecule has 2 unspecified atom stereocenters.